The first-order chi connectivity index (χ1) is 9.60. The molecule has 2 atom stereocenters. The average molecular weight is 339 g/mol. The van der Waals surface area contributed by atoms with E-state index in [0.717, 1.165) is 29.9 Å². The molecule has 1 aromatic heterocycles. The highest BCUT2D eigenvalue weighted by Gasteiger charge is 2.40. The van der Waals surface area contributed by atoms with Crippen LogP contribution in [0.4, 0.5) is 0 Å². The molecule has 0 saturated carbocycles. The molecule has 3 nitrogen and oxygen atoms in total. The Morgan fingerprint density at radius 2 is 1.95 bits per heavy atom. The Bertz CT molecular complexity index is 491. The van der Waals surface area contributed by atoms with Gasteiger partial charge in [0.05, 0.1) is 12.8 Å². The smallest absolute Gasteiger partial charge is 0.128 e. The van der Waals surface area contributed by atoms with Crippen molar-refractivity contribution in [2.24, 2.45) is 0 Å². The second-order valence-corrected chi connectivity index (χ2v) is 7.47. The molecule has 0 amide bonds. The molecule has 2 unspecified atom stereocenters. The molecule has 1 aromatic rings. The zero-order chi connectivity index (χ0) is 14.3. The molecule has 20 heavy (non-hydrogen) atoms. The van der Waals surface area contributed by atoms with Gasteiger partial charge in [-0.1, -0.05) is 15.9 Å². The van der Waals surface area contributed by atoms with E-state index in [4.69, 9.17) is 4.74 Å². The lowest BCUT2D eigenvalue weighted by atomic mass is 10.0. The van der Waals surface area contributed by atoms with Gasteiger partial charge in [0.2, 0.25) is 0 Å². The average Bonchev–Trinajstić information content (AvgIpc) is 2.65. The number of pyridine rings is 1. The molecule has 110 valence electrons. The summed E-state index contributed by atoms with van der Waals surface area (Å²) in [6.45, 7) is 5.16. The van der Waals surface area contributed by atoms with E-state index in [1.54, 1.807) is 7.11 Å². The molecule has 4 heteroatoms. The quantitative estimate of drug-likeness (QED) is 0.787. The first-order valence-corrected chi connectivity index (χ1v) is 8.40. The fourth-order valence-corrected chi connectivity index (χ4v) is 4.73. The normalized spacial score (nSPS) is 29.7. The number of ether oxygens (including phenoxy) is 1. The minimum atomic E-state index is 0.706. The number of hydrogen-bond donors (Lipinski definition) is 0. The molecule has 0 N–H and O–H groups in total. The number of hydrogen-bond acceptors (Lipinski definition) is 3. The first-order valence-electron chi connectivity index (χ1n) is 7.49. The number of alkyl halides is 1. The van der Waals surface area contributed by atoms with Gasteiger partial charge < -0.3 is 4.74 Å². The lowest BCUT2D eigenvalue weighted by molar-refractivity contribution is 0.135. The van der Waals surface area contributed by atoms with E-state index in [9.17, 15) is 0 Å². The zero-order valence-corrected chi connectivity index (χ0v) is 14.1. The fraction of sp³-hybridized carbons (Fsp3) is 0.688. The highest BCUT2D eigenvalue weighted by atomic mass is 79.9. The van der Waals surface area contributed by atoms with E-state index in [1.807, 2.05) is 6.20 Å². The molecule has 3 heterocycles. The molecular formula is C16H23BrN2O. The number of piperidine rings is 1. The number of fused-ring (bicyclic) bond motifs is 2. The monoisotopic (exact) mass is 338 g/mol. The van der Waals surface area contributed by atoms with Crippen molar-refractivity contribution in [3.05, 3.63) is 23.0 Å². The van der Waals surface area contributed by atoms with Crippen LogP contribution in [0.1, 0.15) is 42.5 Å². The summed E-state index contributed by atoms with van der Waals surface area (Å²) in [5.74, 6) is 0.998. The number of nitrogens with zero attached hydrogens (tertiary/aromatic N) is 2. The number of methoxy groups -OCH3 is 1. The van der Waals surface area contributed by atoms with Gasteiger partial charge in [0.25, 0.3) is 0 Å². The molecule has 0 radical (unpaired) electrons. The van der Waals surface area contributed by atoms with Gasteiger partial charge in [-0.15, -0.1) is 0 Å². The van der Waals surface area contributed by atoms with E-state index in [1.165, 1.54) is 36.9 Å². The van der Waals surface area contributed by atoms with E-state index < -0.39 is 0 Å². The van der Waals surface area contributed by atoms with Crippen molar-refractivity contribution in [2.45, 2.75) is 63.0 Å². The summed E-state index contributed by atoms with van der Waals surface area (Å²) < 4.78 is 5.53. The lowest BCUT2D eigenvalue weighted by Gasteiger charge is -2.37. The second-order valence-electron chi connectivity index (χ2n) is 6.17. The van der Waals surface area contributed by atoms with Crippen LogP contribution < -0.4 is 4.74 Å². The van der Waals surface area contributed by atoms with Gasteiger partial charge in [0.15, 0.2) is 0 Å². The summed E-state index contributed by atoms with van der Waals surface area (Å²) in [7, 11) is 1.75. The van der Waals surface area contributed by atoms with Gasteiger partial charge in [0.1, 0.15) is 5.75 Å². The highest BCUT2D eigenvalue weighted by molar-refractivity contribution is 9.09. The third-order valence-electron chi connectivity index (χ3n) is 4.91. The van der Waals surface area contributed by atoms with E-state index in [0.29, 0.717) is 4.83 Å². The van der Waals surface area contributed by atoms with Gasteiger partial charge in [-0.3, -0.25) is 9.88 Å². The van der Waals surface area contributed by atoms with Gasteiger partial charge in [-0.2, -0.15) is 0 Å². The second kappa shape index (κ2) is 5.64. The third kappa shape index (κ3) is 2.48. The van der Waals surface area contributed by atoms with Crippen molar-refractivity contribution >= 4 is 15.9 Å². The molecule has 2 aliphatic rings. The fourth-order valence-electron chi connectivity index (χ4n) is 3.87. The highest BCUT2D eigenvalue weighted by Crippen LogP contribution is 2.39. The molecule has 2 saturated heterocycles. The largest absolute Gasteiger partial charge is 0.496 e. The topological polar surface area (TPSA) is 25.4 Å². The third-order valence-corrected chi connectivity index (χ3v) is 5.66. The summed E-state index contributed by atoms with van der Waals surface area (Å²) in [5.41, 5.74) is 3.50. The van der Waals surface area contributed by atoms with Gasteiger partial charge in [0, 0.05) is 40.8 Å². The van der Waals surface area contributed by atoms with Crippen LogP contribution in [-0.2, 0) is 6.54 Å². The number of aryl methyl sites for hydroxylation is 1. The molecule has 3 rings (SSSR count). The SMILES string of the molecule is COc1c(C)cnc(CN2C3CCC2CC(Br)C3)c1C. The molecule has 0 aromatic carbocycles. The Morgan fingerprint density at radius 3 is 2.55 bits per heavy atom. The van der Waals surface area contributed by atoms with Crippen LogP contribution >= 0.6 is 15.9 Å². The molecule has 0 spiro atoms. The van der Waals surface area contributed by atoms with Gasteiger partial charge >= 0.3 is 0 Å². The van der Waals surface area contributed by atoms with Crippen molar-refractivity contribution < 1.29 is 4.74 Å². The van der Waals surface area contributed by atoms with Crippen molar-refractivity contribution in [3.63, 3.8) is 0 Å². The Labute approximate surface area is 129 Å². The van der Waals surface area contributed by atoms with Crippen LogP contribution in [0.2, 0.25) is 0 Å². The van der Waals surface area contributed by atoms with Crippen molar-refractivity contribution in [1.29, 1.82) is 0 Å². The number of rotatable bonds is 3. The predicted octanol–water partition coefficient (Wildman–Crippen LogP) is 3.60. The minimum absolute atomic E-state index is 0.706. The maximum Gasteiger partial charge on any atom is 0.128 e. The Morgan fingerprint density at radius 1 is 1.30 bits per heavy atom. The van der Waals surface area contributed by atoms with Crippen molar-refractivity contribution in [1.82, 2.24) is 9.88 Å². The molecule has 2 fully saturated rings. The first kappa shape index (κ1) is 14.3. The van der Waals surface area contributed by atoms with Crippen molar-refractivity contribution in [2.75, 3.05) is 7.11 Å². The summed E-state index contributed by atoms with van der Waals surface area (Å²) >= 11 is 3.81. The maximum atomic E-state index is 5.53. The van der Waals surface area contributed by atoms with Gasteiger partial charge in [-0.25, -0.2) is 0 Å². The van der Waals surface area contributed by atoms with Gasteiger partial charge in [-0.05, 0) is 39.5 Å². The van der Waals surface area contributed by atoms with Crippen LogP contribution in [0.3, 0.4) is 0 Å². The maximum absolute atomic E-state index is 5.53. The number of halogens is 1. The number of aromatic nitrogens is 1. The Hall–Kier alpha value is -0.610. The van der Waals surface area contributed by atoms with E-state index >= 15 is 0 Å². The summed E-state index contributed by atoms with van der Waals surface area (Å²) in [6, 6.07) is 1.46. The van der Waals surface area contributed by atoms with Crippen LogP contribution in [-0.4, -0.2) is 33.9 Å². The van der Waals surface area contributed by atoms with Crippen LogP contribution in [0.15, 0.2) is 6.20 Å². The zero-order valence-electron chi connectivity index (χ0n) is 12.5. The van der Waals surface area contributed by atoms with Crippen molar-refractivity contribution in [3.8, 4) is 5.75 Å². The van der Waals surface area contributed by atoms with Crippen LogP contribution in [0.25, 0.3) is 0 Å². The minimum Gasteiger partial charge on any atom is -0.496 e. The lowest BCUT2D eigenvalue weighted by Crippen LogP contribution is -2.42. The summed E-state index contributed by atoms with van der Waals surface area (Å²) in [4.78, 5) is 8.04. The summed E-state index contributed by atoms with van der Waals surface area (Å²) in [6.07, 6.45) is 7.18. The van der Waals surface area contributed by atoms with Crippen LogP contribution in [0, 0.1) is 13.8 Å². The molecular weight excluding hydrogens is 316 g/mol. The predicted molar refractivity (Wildman–Crippen MR) is 84.6 cm³/mol. The van der Waals surface area contributed by atoms with E-state index in [-0.39, 0.29) is 0 Å². The molecule has 2 bridgehead atoms. The Balaban J connectivity index is 1.82. The molecule has 2 aliphatic heterocycles. The van der Waals surface area contributed by atoms with E-state index in [2.05, 4.69) is 39.7 Å². The summed E-state index contributed by atoms with van der Waals surface area (Å²) in [5, 5.41) is 0. The Kier molecular flexibility index (Phi) is 4.04. The van der Waals surface area contributed by atoms with Crippen LogP contribution in [0.5, 0.6) is 5.75 Å². The molecule has 0 aliphatic carbocycles. The standard InChI is InChI=1S/C16H23BrN2O/c1-10-8-18-15(11(2)16(10)20-3)9-19-13-4-5-14(19)7-12(17)6-13/h8,12-14H,4-7,9H2,1-3H3.